The fourth-order valence-electron chi connectivity index (χ4n) is 3.51. The summed E-state index contributed by atoms with van der Waals surface area (Å²) in [5, 5.41) is 0. The first-order valence-electron chi connectivity index (χ1n) is 8.65. The number of benzene rings is 1. The van der Waals surface area contributed by atoms with Crippen LogP contribution in [-0.2, 0) is 0 Å². The van der Waals surface area contributed by atoms with Gasteiger partial charge in [-0.3, -0.25) is 4.79 Å². The molecule has 1 aliphatic carbocycles. The van der Waals surface area contributed by atoms with E-state index in [1.807, 2.05) is 30.3 Å². The van der Waals surface area contributed by atoms with E-state index in [1.54, 1.807) is 0 Å². The summed E-state index contributed by atoms with van der Waals surface area (Å²) in [5.41, 5.74) is 1.42. The zero-order valence-corrected chi connectivity index (χ0v) is 13.7. The second-order valence-corrected chi connectivity index (χ2v) is 7.50. The molecule has 0 saturated heterocycles. The second kappa shape index (κ2) is 7.77. The molecule has 1 aromatic carbocycles. The van der Waals surface area contributed by atoms with E-state index in [1.165, 1.54) is 44.9 Å². The van der Waals surface area contributed by atoms with Gasteiger partial charge in [-0.05, 0) is 37.0 Å². The van der Waals surface area contributed by atoms with Crippen LogP contribution in [0.4, 0.5) is 0 Å². The summed E-state index contributed by atoms with van der Waals surface area (Å²) < 4.78 is 0. The van der Waals surface area contributed by atoms with Gasteiger partial charge in [0.25, 0.3) is 0 Å². The molecule has 1 saturated carbocycles. The minimum atomic E-state index is 0.303. The van der Waals surface area contributed by atoms with Crippen molar-refractivity contribution in [3.05, 3.63) is 35.9 Å². The molecule has 0 N–H and O–H groups in total. The summed E-state index contributed by atoms with van der Waals surface area (Å²) in [6, 6.07) is 9.71. The van der Waals surface area contributed by atoms with Gasteiger partial charge in [-0.25, -0.2) is 0 Å². The second-order valence-electron chi connectivity index (χ2n) is 7.50. The predicted molar refractivity (Wildman–Crippen MR) is 89.6 cm³/mol. The summed E-state index contributed by atoms with van der Waals surface area (Å²) in [5.74, 6) is 1.20. The van der Waals surface area contributed by atoms with Crippen LogP contribution in [0.15, 0.2) is 30.3 Å². The molecule has 0 amide bonds. The molecule has 116 valence electrons. The smallest absolute Gasteiger partial charge is 0.162 e. The minimum Gasteiger partial charge on any atom is -0.294 e. The number of unbranched alkanes of at least 4 members (excludes halogenated alkanes) is 1. The fourth-order valence-corrected chi connectivity index (χ4v) is 3.51. The van der Waals surface area contributed by atoms with Crippen LogP contribution in [0.1, 0.15) is 82.0 Å². The van der Waals surface area contributed by atoms with Gasteiger partial charge >= 0.3 is 0 Å². The Bertz CT molecular complexity index is 432. The molecule has 2 rings (SSSR count). The number of hydrogen-bond acceptors (Lipinski definition) is 1. The Morgan fingerprint density at radius 1 is 1.10 bits per heavy atom. The zero-order chi connectivity index (χ0) is 15.1. The quantitative estimate of drug-likeness (QED) is 0.354. The fraction of sp³-hybridized carbons (Fsp3) is 0.650. The maximum absolute atomic E-state index is 12.0. The van der Waals surface area contributed by atoms with Crippen LogP contribution in [0.25, 0.3) is 0 Å². The third-order valence-electron chi connectivity index (χ3n) is 5.06. The maximum atomic E-state index is 12.0. The molecular formula is C20H30O. The van der Waals surface area contributed by atoms with Crippen molar-refractivity contribution in [2.75, 3.05) is 0 Å². The van der Waals surface area contributed by atoms with E-state index in [0.717, 1.165) is 17.9 Å². The average Bonchev–Trinajstić information content (AvgIpc) is 2.65. The summed E-state index contributed by atoms with van der Waals surface area (Å²) in [6.07, 6.45) is 11.2. The van der Waals surface area contributed by atoms with Crippen molar-refractivity contribution in [1.29, 1.82) is 0 Å². The first-order chi connectivity index (χ1) is 10.1. The lowest BCUT2D eigenvalue weighted by molar-refractivity contribution is 0.0978. The van der Waals surface area contributed by atoms with Crippen molar-refractivity contribution in [2.45, 2.75) is 71.6 Å². The van der Waals surface area contributed by atoms with E-state index in [-0.39, 0.29) is 0 Å². The molecule has 0 bridgehead atoms. The first-order valence-corrected chi connectivity index (χ1v) is 8.65. The van der Waals surface area contributed by atoms with E-state index in [4.69, 9.17) is 0 Å². The highest BCUT2D eigenvalue weighted by molar-refractivity contribution is 5.95. The first kappa shape index (κ1) is 16.3. The molecule has 0 spiro atoms. The standard InChI is InChI=1S/C20H30O/c1-20(2)15-8-10-17(14-16-20)9-6-7-13-19(21)18-11-4-3-5-12-18/h3-5,11-12,17H,6-10,13-16H2,1-2H3/t17-/m1/s1. The van der Waals surface area contributed by atoms with Gasteiger partial charge in [0.1, 0.15) is 0 Å². The van der Waals surface area contributed by atoms with Crippen LogP contribution < -0.4 is 0 Å². The Morgan fingerprint density at radius 3 is 2.62 bits per heavy atom. The molecule has 0 aromatic heterocycles. The summed E-state index contributed by atoms with van der Waals surface area (Å²) in [6.45, 7) is 4.82. The van der Waals surface area contributed by atoms with Crippen molar-refractivity contribution in [3.63, 3.8) is 0 Å². The van der Waals surface area contributed by atoms with Crippen LogP contribution in [0.3, 0.4) is 0 Å². The topological polar surface area (TPSA) is 17.1 Å². The van der Waals surface area contributed by atoms with E-state index in [0.29, 0.717) is 17.6 Å². The van der Waals surface area contributed by atoms with Crippen LogP contribution >= 0.6 is 0 Å². The molecule has 1 atom stereocenters. The highest BCUT2D eigenvalue weighted by Gasteiger charge is 2.23. The largest absolute Gasteiger partial charge is 0.294 e. The number of carbonyl (C=O) groups excluding carboxylic acids is 1. The van der Waals surface area contributed by atoms with Gasteiger partial charge in [0.05, 0.1) is 0 Å². The van der Waals surface area contributed by atoms with Crippen LogP contribution in [0.2, 0.25) is 0 Å². The molecule has 1 aromatic rings. The predicted octanol–water partition coefficient (Wildman–Crippen LogP) is 6.04. The number of hydrogen-bond donors (Lipinski definition) is 0. The zero-order valence-electron chi connectivity index (χ0n) is 13.7. The number of carbonyl (C=O) groups is 1. The van der Waals surface area contributed by atoms with Crippen LogP contribution in [-0.4, -0.2) is 5.78 Å². The third-order valence-corrected chi connectivity index (χ3v) is 5.06. The van der Waals surface area contributed by atoms with E-state index >= 15 is 0 Å². The lowest BCUT2D eigenvalue weighted by Gasteiger charge is -2.21. The highest BCUT2D eigenvalue weighted by atomic mass is 16.1. The molecule has 21 heavy (non-hydrogen) atoms. The highest BCUT2D eigenvalue weighted by Crippen LogP contribution is 2.37. The molecule has 0 heterocycles. The molecule has 0 unspecified atom stereocenters. The van der Waals surface area contributed by atoms with Crippen molar-refractivity contribution in [2.24, 2.45) is 11.3 Å². The summed E-state index contributed by atoms with van der Waals surface area (Å²) in [4.78, 5) is 12.0. The summed E-state index contributed by atoms with van der Waals surface area (Å²) >= 11 is 0. The number of rotatable bonds is 6. The van der Waals surface area contributed by atoms with Crippen molar-refractivity contribution in [1.82, 2.24) is 0 Å². The van der Waals surface area contributed by atoms with Gasteiger partial charge in [0.15, 0.2) is 5.78 Å². The molecule has 1 fully saturated rings. The molecular weight excluding hydrogens is 256 g/mol. The van der Waals surface area contributed by atoms with E-state index in [2.05, 4.69) is 13.8 Å². The van der Waals surface area contributed by atoms with Gasteiger partial charge < -0.3 is 0 Å². The molecule has 1 aliphatic rings. The Hall–Kier alpha value is -1.11. The lowest BCUT2D eigenvalue weighted by Crippen LogP contribution is -2.09. The van der Waals surface area contributed by atoms with Gasteiger partial charge in [-0.1, -0.05) is 69.9 Å². The Balaban J connectivity index is 1.65. The maximum Gasteiger partial charge on any atom is 0.162 e. The van der Waals surface area contributed by atoms with Crippen LogP contribution in [0.5, 0.6) is 0 Å². The van der Waals surface area contributed by atoms with Gasteiger partial charge in [0.2, 0.25) is 0 Å². The average molecular weight is 286 g/mol. The molecule has 1 nitrogen and oxygen atoms in total. The van der Waals surface area contributed by atoms with E-state index < -0.39 is 0 Å². The SMILES string of the molecule is CC1(C)CCC[C@@H](CCCCC(=O)c2ccccc2)CC1. The normalized spacial score (nSPS) is 21.7. The Kier molecular flexibility index (Phi) is 6.02. The van der Waals surface area contributed by atoms with Gasteiger partial charge in [0, 0.05) is 12.0 Å². The Morgan fingerprint density at radius 2 is 1.86 bits per heavy atom. The molecule has 0 radical (unpaired) electrons. The van der Waals surface area contributed by atoms with Crippen molar-refractivity contribution in [3.8, 4) is 0 Å². The molecule has 0 aliphatic heterocycles. The van der Waals surface area contributed by atoms with E-state index in [9.17, 15) is 4.79 Å². The van der Waals surface area contributed by atoms with Crippen molar-refractivity contribution < 1.29 is 4.79 Å². The minimum absolute atomic E-state index is 0.303. The van der Waals surface area contributed by atoms with Crippen LogP contribution in [0, 0.1) is 11.3 Å². The number of Topliss-reactive ketones (excluding diaryl/α,β-unsaturated/α-hetero) is 1. The van der Waals surface area contributed by atoms with Crippen molar-refractivity contribution >= 4 is 5.78 Å². The Labute approximate surface area is 130 Å². The summed E-state index contributed by atoms with van der Waals surface area (Å²) in [7, 11) is 0. The van der Waals surface area contributed by atoms with Gasteiger partial charge in [-0.15, -0.1) is 0 Å². The third kappa shape index (κ3) is 5.65. The monoisotopic (exact) mass is 286 g/mol. The lowest BCUT2D eigenvalue weighted by atomic mass is 9.84. The molecule has 1 heteroatoms. The van der Waals surface area contributed by atoms with Gasteiger partial charge in [-0.2, -0.15) is 0 Å². The number of ketones is 1.